The molecule has 0 aliphatic rings. The summed E-state index contributed by atoms with van der Waals surface area (Å²) in [5.74, 6) is -0.411. The van der Waals surface area contributed by atoms with E-state index in [9.17, 15) is 9.18 Å². The van der Waals surface area contributed by atoms with E-state index in [0.29, 0.717) is 11.3 Å². The summed E-state index contributed by atoms with van der Waals surface area (Å²) in [5, 5.41) is 0. The number of ketones is 1. The Kier molecular flexibility index (Phi) is 2.60. The molecule has 0 saturated carbocycles. The minimum atomic E-state index is -0.310. The van der Waals surface area contributed by atoms with Crippen LogP contribution in [0.4, 0.5) is 4.39 Å². The molecular formula is C11H8FNOS. The standard InChI is InChI=1S/C11H8FNOS/c1-7(14)10-11(15-6-13-10)8-3-2-4-9(12)5-8/h2-6H,1H3. The summed E-state index contributed by atoms with van der Waals surface area (Å²) in [6.45, 7) is 1.46. The summed E-state index contributed by atoms with van der Waals surface area (Å²) in [7, 11) is 0. The zero-order chi connectivity index (χ0) is 10.8. The van der Waals surface area contributed by atoms with Crippen molar-refractivity contribution < 1.29 is 9.18 Å². The van der Waals surface area contributed by atoms with E-state index in [0.717, 1.165) is 4.88 Å². The molecule has 0 N–H and O–H groups in total. The number of nitrogens with zero attached hydrogens (tertiary/aromatic N) is 1. The fourth-order valence-electron chi connectivity index (χ4n) is 1.33. The predicted octanol–water partition coefficient (Wildman–Crippen LogP) is 3.15. The SMILES string of the molecule is CC(=O)c1ncsc1-c1cccc(F)c1. The van der Waals surface area contributed by atoms with E-state index in [2.05, 4.69) is 4.98 Å². The molecule has 0 spiro atoms. The van der Waals surface area contributed by atoms with Crippen molar-refractivity contribution in [3.8, 4) is 10.4 Å². The molecule has 0 radical (unpaired) electrons. The lowest BCUT2D eigenvalue weighted by atomic mass is 10.1. The Morgan fingerprint density at radius 2 is 2.27 bits per heavy atom. The molecule has 0 unspecified atom stereocenters. The van der Waals surface area contributed by atoms with Gasteiger partial charge in [-0.05, 0) is 17.7 Å². The van der Waals surface area contributed by atoms with E-state index in [4.69, 9.17) is 0 Å². The normalized spacial score (nSPS) is 10.3. The van der Waals surface area contributed by atoms with E-state index < -0.39 is 0 Å². The highest BCUT2D eigenvalue weighted by Gasteiger charge is 2.12. The smallest absolute Gasteiger partial charge is 0.179 e. The molecule has 4 heteroatoms. The minimum Gasteiger partial charge on any atom is -0.293 e. The first-order valence-corrected chi connectivity index (χ1v) is 5.27. The number of benzene rings is 1. The zero-order valence-electron chi connectivity index (χ0n) is 8.03. The van der Waals surface area contributed by atoms with Gasteiger partial charge in [-0.2, -0.15) is 0 Å². The summed E-state index contributed by atoms with van der Waals surface area (Å²) < 4.78 is 13.0. The molecule has 0 aliphatic heterocycles. The van der Waals surface area contributed by atoms with E-state index in [1.165, 1.54) is 30.4 Å². The van der Waals surface area contributed by atoms with Crippen molar-refractivity contribution >= 4 is 17.1 Å². The molecule has 0 bridgehead atoms. The fraction of sp³-hybridized carbons (Fsp3) is 0.0909. The number of carbonyl (C=O) groups excluding carboxylic acids is 1. The van der Waals surface area contributed by atoms with Crippen molar-refractivity contribution in [1.29, 1.82) is 0 Å². The Bertz CT molecular complexity index is 507. The molecular weight excluding hydrogens is 213 g/mol. The molecule has 2 nitrogen and oxygen atoms in total. The first-order valence-electron chi connectivity index (χ1n) is 4.39. The van der Waals surface area contributed by atoms with Crippen LogP contribution in [0.15, 0.2) is 29.8 Å². The Balaban J connectivity index is 2.54. The number of rotatable bonds is 2. The Hall–Kier alpha value is -1.55. The lowest BCUT2D eigenvalue weighted by molar-refractivity contribution is 0.101. The van der Waals surface area contributed by atoms with Gasteiger partial charge in [0.15, 0.2) is 5.78 Å². The lowest BCUT2D eigenvalue weighted by Crippen LogP contribution is -1.94. The van der Waals surface area contributed by atoms with Crippen LogP contribution in [0.5, 0.6) is 0 Å². The molecule has 0 saturated heterocycles. The monoisotopic (exact) mass is 221 g/mol. The van der Waals surface area contributed by atoms with Gasteiger partial charge in [0.1, 0.15) is 11.5 Å². The van der Waals surface area contributed by atoms with E-state index in [-0.39, 0.29) is 11.6 Å². The van der Waals surface area contributed by atoms with Gasteiger partial charge >= 0.3 is 0 Å². The molecule has 1 aromatic carbocycles. The lowest BCUT2D eigenvalue weighted by Gasteiger charge is -1.99. The van der Waals surface area contributed by atoms with Crippen LogP contribution in [-0.2, 0) is 0 Å². The van der Waals surface area contributed by atoms with Crippen LogP contribution in [0.2, 0.25) is 0 Å². The molecule has 2 rings (SSSR count). The van der Waals surface area contributed by atoms with Crippen LogP contribution in [0.3, 0.4) is 0 Å². The maximum atomic E-state index is 13.0. The van der Waals surface area contributed by atoms with Gasteiger partial charge in [0.2, 0.25) is 0 Å². The number of hydrogen-bond donors (Lipinski definition) is 0. The second-order valence-electron chi connectivity index (χ2n) is 3.10. The van der Waals surface area contributed by atoms with Crippen LogP contribution >= 0.6 is 11.3 Å². The maximum absolute atomic E-state index is 13.0. The molecule has 1 aromatic heterocycles. The quantitative estimate of drug-likeness (QED) is 0.729. The molecule has 0 fully saturated rings. The van der Waals surface area contributed by atoms with Crippen molar-refractivity contribution in [2.75, 3.05) is 0 Å². The zero-order valence-corrected chi connectivity index (χ0v) is 8.84. The maximum Gasteiger partial charge on any atom is 0.179 e. The molecule has 0 amide bonds. The number of thiazole rings is 1. The molecule has 0 aliphatic carbocycles. The summed E-state index contributed by atoms with van der Waals surface area (Å²) in [4.78, 5) is 15.9. The second kappa shape index (κ2) is 3.90. The van der Waals surface area contributed by atoms with Gasteiger partial charge in [0, 0.05) is 6.92 Å². The van der Waals surface area contributed by atoms with E-state index in [1.54, 1.807) is 17.6 Å². The van der Waals surface area contributed by atoms with Gasteiger partial charge < -0.3 is 0 Å². The number of Topliss-reactive ketones (excluding diaryl/α,β-unsaturated/α-hetero) is 1. The van der Waals surface area contributed by atoms with Crippen molar-refractivity contribution in [2.45, 2.75) is 6.92 Å². The molecule has 2 aromatic rings. The third-order valence-electron chi connectivity index (χ3n) is 1.99. The number of halogens is 1. The first-order chi connectivity index (χ1) is 7.18. The van der Waals surface area contributed by atoms with Gasteiger partial charge in [-0.3, -0.25) is 4.79 Å². The Labute approximate surface area is 90.4 Å². The molecule has 1 heterocycles. The molecule has 76 valence electrons. The number of carbonyl (C=O) groups is 1. The van der Waals surface area contributed by atoms with Crippen LogP contribution in [0.25, 0.3) is 10.4 Å². The summed E-state index contributed by atoms with van der Waals surface area (Å²) in [6, 6.07) is 6.16. The predicted molar refractivity (Wildman–Crippen MR) is 57.5 cm³/mol. The number of hydrogen-bond acceptors (Lipinski definition) is 3. The van der Waals surface area contributed by atoms with Gasteiger partial charge in [-0.15, -0.1) is 11.3 Å². The third kappa shape index (κ3) is 1.94. The van der Waals surface area contributed by atoms with Crippen LogP contribution in [0, 0.1) is 5.82 Å². The van der Waals surface area contributed by atoms with Crippen LogP contribution < -0.4 is 0 Å². The highest BCUT2D eigenvalue weighted by atomic mass is 32.1. The van der Waals surface area contributed by atoms with Crippen molar-refractivity contribution in [3.05, 3.63) is 41.3 Å². The van der Waals surface area contributed by atoms with Gasteiger partial charge in [0.25, 0.3) is 0 Å². The topological polar surface area (TPSA) is 30.0 Å². The molecule has 0 atom stereocenters. The average Bonchev–Trinajstić information content (AvgIpc) is 2.65. The van der Waals surface area contributed by atoms with Gasteiger partial charge in [0.05, 0.1) is 10.4 Å². The molecule has 15 heavy (non-hydrogen) atoms. The Morgan fingerprint density at radius 3 is 2.93 bits per heavy atom. The highest BCUT2D eigenvalue weighted by molar-refractivity contribution is 7.13. The van der Waals surface area contributed by atoms with Gasteiger partial charge in [-0.25, -0.2) is 9.37 Å². The van der Waals surface area contributed by atoms with Crippen LogP contribution in [0.1, 0.15) is 17.4 Å². The van der Waals surface area contributed by atoms with Crippen molar-refractivity contribution in [2.24, 2.45) is 0 Å². The third-order valence-corrected chi connectivity index (χ3v) is 2.86. The van der Waals surface area contributed by atoms with Crippen molar-refractivity contribution in [1.82, 2.24) is 4.98 Å². The first kappa shape index (κ1) is 9.98. The average molecular weight is 221 g/mol. The van der Waals surface area contributed by atoms with E-state index >= 15 is 0 Å². The van der Waals surface area contributed by atoms with Gasteiger partial charge in [-0.1, -0.05) is 12.1 Å². The van der Waals surface area contributed by atoms with Crippen molar-refractivity contribution in [3.63, 3.8) is 0 Å². The largest absolute Gasteiger partial charge is 0.293 e. The minimum absolute atomic E-state index is 0.101. The number of aromatic nitrogens is 1. The summed E-state index contributed by atoms with van der Waals surface area (Å²) in [6.07, 6.45) is 0. The Morgan fingerprint density at radius 1 is 1.47 bits per heavy atom. The second-order valence-corrected chi connectivity index (χ2v) is 3.95. The fourth-order valence-corrected chi connectivity index (χ4v) is 2.17. The summed E-state index contributed by atoms with van der Waals surface area (Å²) >= 11 is 1.34. The van der Waals surface area contributed by atoms with Crippen LogP contribution in [-0.4, -0.2) is 10.8 Å². The van der Waals surface area contributed by atoms with E-state index in [1.807, 2.05) is 0 Å². The summed E-state index contributed by atoms with van der Waals surface area (Å²) in [5.41, 5.74) is 2.70. The highest BCUT2D eigenvalue weighted by Crippen LogP contribution is 2.28.